The fourth-order valence-electron chi connectivity index (χ4n) is 4.23. The first-order chi connectivity index (χ1) is 15.6. The van der Waals surface area contributed by atoms with E-state index in [1.165, 1.54) is 24.0 Å². The first kappa shape index (κ1) is 22.0. The maximum absolute atomic E-state index is 12.9. The van der Waals surface area contributed by atoms with Gasteiger partial charge in [-0.15, -0.1) is 10.2 Å². The van der Waals surface area contributed by atoms with Crippen molar-refractivity contribution in [1.82, 2.24) is 10.2 Å². The van der Waals surface area contributed by atoms with Gasteiger partial charge in [0, 0.05) is 24.3 Å². The van der Waals surface area contributed by atoms with Crippen LogP contribution in [0.3, 0.4) is 0 Å². The molecule has 0 saturated carbocycles. The number of carbonyl (C=O) groups is 1. The van der Waals surface area contributed by atoms with E-state index in [0.717, 1.165) is 48.6 Å². The zero-order valence-corrected chi connectivity index (χ0v) is 19.1. The molecule has 32 heavy (non-hydrogen) atoms. The van der Waals surface area contributed by atoms with Crippen LogP contribution in [0.15, 0.2) is 60.7 Å². The topological polar surface area (TPSA) is 58.1 Å². The normalized spacial score (nSPS) is 16.1. The molecule has 0 aliphatic carbocycles. The molecule has 166 valence electrons. The molecule has 1 atom stereocenters. The molecule has 0 bridgehead atoms. The van der Waals surface area contributed by atoms with Gasteiger partial charge in [0.25, 0.3) is 0 Å². The van der Waals surface area contributed by atoms with E-state index in [-0.39, 0.29) is 11.8 Å². The lowest BCUT2D eigenvalue weighted by atomic mass is 9.97. The largest absolute Gasteiger partial charge is 0.354 e. The van der Waals surface area contributed by atoms with Crippen molar-refractivity contribution in [3.63, 3.8) is 0 Å². The van der Waals surface area contributed by atoms with Crippen molar-refractivity contribution in [2.45, 2.75) is 46.0 Å². The van der Waals surface area contributed by atoms with E-state index < -0.39 is 0 Å². The molecule has 4 rings (SSSR count). The first-order valence-corrected chi connectivity index (χ1v) is 11.7. The second-order valence-electron chi connectivity index (χ2n) is 8.72. The summed E-state index contributed by atoms with van der Waals surface area (Å²) < 4.78 is 0. The third kappa shape index (κ3) is 5.52. The number of aromatic nitrogens is 2. The first-order valence-electron chi connectivity index (χ1n) is 11.7. The summed E-state index contributed by atoms with van der Waals surface area (Å²) in [7, 11) is 0. The van der Waals surface area contributed by atoms with Gasteiger partial charge in [0.2, 0.25) is 5.91 Å². The van der Waals surface area contributed by atoms with Gasteiger partial charge in [0.05, 0.1) is 11.6 Å². The lowest BCUT2D eigenvalue weighted by Crippen LogP contribution is -2.41. The highest BCUT2D eigenvalue weighted by atomic mass is 16.1. The molecule has 0 spiro atoms. The van der Waals surface area contributed by atoms with E-state index >= 15 is 0 Å². The van der Waals surface area contributed by atoms with Crippen molar-refractivity contribution in [2.75, 3.05) is 23.3 Å². The maximum atomic E-state index is 12.9. The second-order valence-corrected chi connectivity index (χ2v) is 8.72. The Balaban J connectivity index is 1.37. The lowest BCUT2D eigenvalue weighted by molar-refractivity contribution is -0.120. The molecular weight excluding hydrogens is 396 g/mol. The Kier molecular flexibility index (Phi) is 7.15. The maximum Gasteiger partial charge on any atom is 0.229 e. The van der Waals surface area contributed by atoms with E-state index in [0.29, 0.717) is 6.54 Å². The van der Waals surface area contributed by atoms with Crippen LogP contribution in [0.4, 0.5) is 11.5 Å². The van der Waals surface area contributed by atoms with Crippen LogP contribution in [0.5, 0.6) is 0 Å². The minimum Gasteiger partial charge on any atom is -0.354 e. The van der Waals surface area contributed by atoms with Gasteiger partial charge < -0.3 is 10.2 Å². The van der Waals surface area contributed by atoms with E-state index in [2.05, 4.69) is 58.5 Å². The van der Waals surface area contributed by atoms with Crippen molar-refractivity contribution < 1.29 is 4.79 Å². The van der Waals surface area contributed by atoms with Crippen molar-refractivity contribution in [3.05, 3.63) is 71.8 Å². The molecule has 1 amide bonds. The van der Waals surface area contributed by atoms with Crippen LogP contribution in [0.25, 0.3) is 11.3 Å². The number of piperidine rings is 1. The van der Waals surface area contributed by atoms with Gasteiger partial charge in [-0.1, -0.05) is 49.2 Å². The fraction of sp³-hybridized carbons (Fsp3) is 0.370. The molecule has 1 fully saturated rings. The van der Waals surface area contributed by atoms with Gasteiger partial charge in [0.1, 0.15) is 0 Å². The highest BCUT2D eigenvalue weighted by Gasteiger charge is 2.27. The second kappa shape index (κ2) is 10.4. The lowest BCUT2D eigenvalue weighted by Gasteiger charge is -2.32. The number of hydrogen-bond acceptors (Lipinski definition) is 4. The van der Waals surface area contributed by atoms with Crippen LogP contribution >= 0.6 is 0 Å². The molecule has 1 aromatic heterocycles. The highest BCUT2D eigenvalue weighted by Crippen LogP contribution is 2.25. The Bertz CT molecular complexity index is 1030. The molecule has 2 heterocycles. The van der Waals surface area contributed by atoms with E-state index in [4.69, 9.17) is 0 Å². The summed E-state index contributed by atoms with van der Waals surface area (Å²) >= 11 is 0. The zero-order chi connectivity index (χ0) is 22.3. The minimum absolute atomic E-state index is 0.0539. The zero-order valence-electron chi connectivity index (χ0n) is 19.1. The molecule has 3 aromatic rings. The van der Waals surface area contributed by atoms with E-state index in [1.54, 1.807) is 0 Å². The molecule has 1 N–H and O–H groups in total. The fourth-order valence-corrected chi connectivity index (χ4v) is 4.23. The van der Waals surface area contributed by atoms with E-state index in [1.807, 2.05) is 36.4 Å². The molecule has 0 radical (unpaired) electrons. The quantitative estimate of drug-likeness (QED) is 0.528. The Morgan fingerprint density at radius 1 is 1.09 bits per heavy atom. The van der Waals surface area contributed by atoms with E-state index in [9.17, 15) is 4.79 Å². The predicted octanol–water partition coefficient (Wildman–Crippen LogP) is 5.65. The molecule has 2 aromatic carbocycles. The van der Waals surface area contributed by atoms with Crippen LogP contribution < -0.4 is 10.2 Å². The monoisotopic (exact) mass is 428 g/mol. The highest BCUT2D eigenvalue weighted by molar-refractivity contribution is 5.93. The average Bonchev–Trinajstić information content (AvgIpc) is 2.84. The van der Waals surface area contributed by atoms with Crippen LogP contribution in [-0.2, 0) is 11.2 Å². The van der Waals surface area contributed by atoms with Gasteiger partial charge in [-0.05, 0) is 68.5 Å². The summed E-state index contributed by atoms with van der Waals surface area (Å²) in [6.45, 7) is 5.84. The number of anilines is 2. The Morgan fingerprint density at radius 3 is 2.66 bits per heavy atom. The Labute approximate surface area is 190 Å². The smallest absolute Gasteiger partial charge is 0.229 e. The van der Waals surface area contributed by atoms with Crippen LogP contribution in [0, 0.1) is 12.8 Å². The molecule has 1 saturated heterocycles. The van der Waals surface area contributed by atoms with Crippen molar-refractivity contribution >= 4 is 17.4 Å². The van der Waals surface area contributed by atoms with Crippen molar-refractivity contribution in [2.24, 2.45) is 5.92 Å². The van der Waals surface area contributed by atoms with Gasteiger partial charge in [-0.3, -0.25) is 4.79 Å². The number of hydrogen-bond donors (Lipinski definition) is 1. The summed E-state index contributed by atoms with van der Waals surface area (Å²) in [5, 5.41) is 12.0. The third-order valence-corrected chi connectivity index (χ3v) is 6.12. The third-order valence-electron chi connectivity index (χ3n) is 6.12. The number of aryl methyl sites for hydroxylation is 2. The van der Waals surface area contributed by atoms with Gasteiger partial charge in [-0.25, -0.2) is 0 Å². The number of unbranched alkanes of at least 4 members (excludes halogenated alkanes) is 1. The van der Waals surface area contributed by atoms with Gasteiger partial charge in [-0.2, -0.15) is 0 Å². The van der Waals surface area contributed by atoms with Crippen LogP contribution in [0.2, 0.25) is 0 Å². The molecule has 5 nitrogen and oxygen atoms in total. The van der Waals surface area contributed by atoms with Gasteiger partial charge >= 0.3 is 0 Å². The number of amides is 1. The molecular formula is C27H32N4O. The molecule has 5 heteroatoms. The molecule has 1 aliphatic heterocycles. The minimum atomic E-state index is -0.0539. The van der Waals surface area contributed by atoms with Crippen LogP contribution in [0.1, 0.15) is 43.7 Å². The Morgan fingerprint density at radius 2 is 1.94 bits per heavy atom. The van der Waals surface area contributed by atoms with Crippen molar-refractivity contribution in [1.29, 1.82) is 0 Å². The summed E-state index contributed by atoms with van der Waals surface area (Å²) in [6, 6.07) is 20.6. The van der Waals surface area contributed by atoms with Gasteiger partial charge in [0.15, 0.2) is 5.82 Å². The average molecular weight is 429 g/mol. The molecule has 1 aliphatic rings. The summed E-state index contributed by atoms with van der Waals surface area (Å²) in [4.78, 5) is 15.1. The number of nitrogens with one attached hydrogen (secondary N) is 1. The SMILES string of the molecule is CCCCc1ccc(NC(=O)[C@H]2CCCN(c3ccc(-c4cccc(C)c4)nn3)C2)cc1. The summed E-state index contributed by atoms with van der Waals surface area (Å²) in [5.74, 6) is 0.862. The van der Waals surface area contributed by atoms with Crippen LogP contribution in [-0.4, -0.2) is 29.2 Å². The standard InChI is InChI=1S/C27H32N4O/c1-3-4-8-21-11-13-24(14-12-21)28-27(32)23-10-6-17-31(19-23)26-16-15-25(29-30-26)22-9-5-7-20(2)18-22/h5,7,9,11-16,18,23H,3-4,6,8,10,17,19H2,1-2H3,(H,28,32)/t23-/m0/s1. The van der Waals surface area contributed by atoms with Crippen molar-refractivity contribution in [3.8, 4) is 11.3 Å². The number of carbonyl (C=O) groups excluding carboxylic acids is 1. The summed E-state index contributed by atoms with van der Waals surface area (Å²) in [5.41, 5.74) is 5.33. The predicted molar refractivity (Wildman–Crippen MR) is 131 cm³/mol. The number of nitrogens with zero attached hydrogens (tertiary/aromatic N) is 3. The summed E-state index contributed by atoms with van der Waals surface area (Å²) in [6.07, 6.45) is 5.33. The number of rotatable bonds is 7. The Hall–Kier alpha value is -3.21. The number of benzene rings is 2. The molecule has 0 unspecified atom stereocenters.